The fourth-order valence-electron chi connectivity index (χ4n) is 3.39. The third-order valence-corrected chi connectivity index (χ3v) is 5.95. The SMILES string of the molecule is Cl.O=C(NCC1CCCNC1)c1sc(-c2ccccc2)nc1-c1ccccc1. The Morgan fingerprint density at radius 1 is 1.07 bits per heavy atom. The Hall–Kier alpha value is -2.21. The van der Waals surface area contributed by atoms with Crippen molar-refractivity contribution < 1.29 is 4.79 Å². The lowest BCUT2D eigenvalue weighted by Gasteiger charge is -2.22. The van der Waals surface area contributed by atoms with Crippen LogP contribution in [0.4, 0.5) is 0 Å². The molecule has 2 aromatic carbocycles. The first-order chi connectivity index (χ1) is 13.3. The zero-order valence-electron chi connectivity index (χ0n) is 15.6. The molecule has 1 aliphatic heterocycles. The number of nitrogens with one attached hydrogen (secondary N) is 2. The highest BCUT2D eigenvalue weighted by atomic mass is 35.5. The number of carbonyl (C=O) groups excluding carboxylic acids is 1. The van der Waals surface area contributed by atoms with Gasteiger partial charge in [0, 0.05) is 17.7 Å². The van der Waals surface area contributed by atoms with Crippen LogP contribution in [-0.4, -0.2) is 30.5 Å². The van der Waals surface area contributed by atoms with Gasteiger partial charge in [0.05, 0.1) is 5.69 Å². The second-order valence-corrected chi connectivity index (χ2v) is 7.85. The lowest BCUT2D eigenvalue weighted by molar-refractivity contribution is 0.0949. The zero-order valence-corrected chi connectivity index (χ0v) is 17.2. The molecule has 6 heteroatoms. The van der Waals surface area contributed by atoms with Gasteiger partial charge < -0.3 is 10.6 Å². The molecule has 1 unspecified atom stereocenters. The number of carbonyl (C=O) groups is 1. The maximum Gasteiger partial charge on any atom is 0.263 e. The molecule has 1 fully saturated rings. The van der Waals surface area contributed by atoms with E-state index < -0.39 is 0 Å². The van der Waals surface area contributed by atoms with E-state index >= 15 is 0 Å². The number of nitrogens with zero attached hydrogens (tertiary/aromatic N) is 1. The smallest absolute Gasteiger partial charge is 0.263 e. The van der Waals surface area contributed by atoms with Crippen molar-refractivity contribution >= 4 is 29.7 Å². The van der Waals surface area contributed by atoms with E-state index in [0.717, 1.165) is 41.3 Å². The summed E-state index contributed by atoms with van der Waals surface area (Å²) in [5.74, 6) is 0.475. The number of amides is 1. The minimum atomic E-state index is -0.0286. The molecule has 2 heterocycles. The molecular formula is C22H24ClN3OS. The minimum absolute atomic E-state index is 0. The number of thiazole rings is 1. The van der Waals surface area contributed by atoms with E-state index in [0.29, 0.717) is 17.3 Å². The Morgan fingerprint density at radius 3 is 2.39 bits per heavy atom. The van der Waals surface area contributed by atoms with Crippen LogP contribution in [0.1, 0.15) is 22.5 Å². The topological polar surface area (TPSA) is 54.0 Å². The molecule has 1 atom stereocenters. The molecule has 28 heavy (non-hydrogen) atoms. The fraction of sp³-hybridized carbons (Fsp3) is 0.273. The standard InChI is InChI=1S/C22H23N3OS.ClH/c26-21(24-15-16-8-7-13-23-14-16)20-19(17-9-3-1-4-10-17)25-22(27-20)18-11-5-2-6-12-18;/h1-6,9-12,16,23H,7-8,13-15H2,(H,24,26);1H. The Labute approximate surface area is 175 Å². The molecule has 2 N–H and O–H groups in total. The van der Waals surface area contributed by atoms with E-state index in [1.807, 2.05) is 60.7 Å². The first kappa shape index (κ1) is 20.5. The van der Waals surface area contributed by atoms with Crippen molar-refractivity contribution in [2.75, 3.05) is 19.6 Å². The van der Waals surface area contributed by atoms with Gasteiger partial charge in [0.1, 0.15) is 9.88 Å². The predicted octanol–water partition coefficient (Wildman–Crippen LogP) is 4.63. The summed E-state index contributed by atoms with van der Waals surface area (Å²) < 4.78 is 0. The van der Waals surface area contributed by atoms with Gasteiger partial charge in [-0.15, -0.1) is 23.7 Å². The van der Waals surface area contributed by atoms with Crippen molar-refractivity contribution in [3.8, 4) is 21.8 Å². The van der Waals surface area contributed by atoms with E-state index in [9.17, 15) is 4.79 Å². The van der Waals surface area contributed by atoms with Crippen LogP contribution in [0.25, 0.3) is 21.8 Å². The number of hydrogen-bond donors (Lipinski definition) is 2. The maximum atomic E-state index is 13.0. The van der Waals surface area contributed by atoms with Gasteiger partial charge in [-0.2, -0.15) is 0 Å². The van der Waals surface area contributed by atoms with Gasteiger partial charge in [-0.3, -0.25) is 4.79 Å². The van der Waals surface area contributed by atoms with Gasteiger partial charge in [-0.05, 0) is 31.8 Å². The van der Waals surface area contributed by atoms with E-state index in [-0.39, 0.29) is 18.3 Å². The van der Waals surface area contributed by atoms with Crippen molar-refractivity contribution in [1.82, 2.24) is 15.6 Å². The monoisotopic (exact) mass is 413 g/mol. The second kappa shape index (κ2) is 9.82. The van der Waals surface area contributed by atoms with Crippen molar-refractivity contribution in [1.29, 1.82) is 0 Å². The van der Waals surface area contributed by atoms with Crippen LogP contribution >= 0.6 is 23.7 Å². The average molecular weight is 414 g/mol. The summed E-state index contributed by atoms with van der Waals surface area (Å²) in [6.07, 6.45) is 2.34. The Kier molecular flexibility index (Phi) is 7.20. The van der Waals surface area contributed by atoms with Gasteiger partial charge in [0.15, 0.2) is 0 Å². The van der Waals surface area contributed by atoms with Crippen LogP contribution in [0.3, 0.4) is 0 Å². The van der Waals surface area contributed by atoms with Crippen LogP contribution in [0.5, 0.6) is 0 Å². The minimum Gasteiger partial charge on any atom is -0.351 e. The molecule has 3 aromatic rings. The zero-order chi connectivity index (χ0) is 18.5. The summed E-state index contributed by atoms with van der Waals surface area (Å²) in [7, 11) is 0. The summed E-state index contributed by atoms with van der Waals surface area (Å²) in [5.41, 5.74) is 2.77. The molecule has 0 spiro atoms. The molecule has 146 valence electrons. The Balaban J connectivity index is 0.00000225. The lowest BCUT2D eigenvalue weighted by atomic mass is 10.00. The molecule has 1 aromatic heterocycles. The molecule has 1 amide bonds. The highest BCUT2D eigenvalue weighted by Gasteiger charge is 2.21. The number of piperidine rings is 1. The van der Waals surface area contributed by atoms with Crippen LogP contribution < -0.4 is 10.6 Å². The van der Waals surface area contributed by atoms with E-state index in [1.54, 1.807) is 0 Å². The predicted molar refractivity (Wildman–Crippen MR) is 118 cm³/mol. The highest BCUT2D eigenvalue weighted by Crippen LogP contribution is 2.33. The Morgan fingerprint density at radius 2 is 1.75 bits per heavy atom. The molecule has 4 rings (SSSR count). The highest BCUT2D eigenvalue weighted by molar-refractivity contribution is 7.17. The van der Waals surface area contributed by atoms with Crippen LogP contribution in [0.15, 0.2) is 60.7 Å². The van der Waals surface area contributed by atoms with Gasteiger partial charge in [-0.1, -0.05) is 60.7 Å². The molecule has 0 saturated carbocycles. The van der Waals surface area contributed by atoms with Crippen molar-refractivity contribution in [2.45, 2.75) is 12.8 Å². The molecule has 4 nitrogen and oxygen atoms in total. The normalized spacial score (nSPS) is 16.2. The number of benzene rings is 2. The first-order valence-electron chi connectivity index (χ1n) is 9.42. The quantitative estimate of drug-likeness (QED) is 0.641. The van der Waals surface area contributed by atoms with E-state index in [2.05, 4.69) is 10.6 Å². The number of rotatable bonds is 5. The number of hydrogen-bond acceptors (Lipinski definition) is 4. The first-order valence-corrected chi connectivity index (χ1v) is 10.2. The summed E-state index contributed by atoms with van der Waals surface area (Å²) in [4.78, 5) is 18.5. The van der Waals surface area contributed by atoms with Crippen LogP contribution in [0, 0.1) is 5.92 Å². The fourth-order valence-corrected chi connectivity index (χ4v) is 4.39. The molecule has 0 radical (unpaired) electrons. The van der Waals surface area contributed by atoms with E-state index in [4.69, 9.17) is 4.98 Å². The van der Waals surface area contributed by atoms with Gasteiger partial charge in [-0.25, -0.2) is 4.98 Å². The molecular weight excluding hydrogens is 390 g/mol. The summed E-state index contributed by atoms with van der Waals surface area (Å²) in [6, 6.07) is 20.0. The lowest BCUT2D eigenvalue weighted by Crippen LogP contribution is -2.38. The van der Waals surface area contributed by atoms with Crippen LogP contribution in [-0.2, 0) is 0 Å². The molecule has 0 aliphatic carbocycles. The largest absolute Gasteiger partial charge is 0.351 e. The van der Waals surface area contributed by atoms with Gasteiger partial charge >= 0.3 is 0 Å². The average Bonchev–Trinajstić information content (AvgIpc) is 3.20. The maximum absolute atomic E-state index is 13.0. The summed E-state index contributed by atoms with van der Waals surface area (Å²) in [5, 5.41) is 7.41. The molecule has 1 saturated heterocycles. The van der Waals surface area contributed by atoms with Gasteiger partial charge in [0.2, 0.25) is 0 Å². The molecule has 1 aliphatic rings. The van der Waals surface area contributed by atoms with Crippen molar-refractivity contribution in [3.05, 3.63) is 65.5 Å². The Bertz CT molecular complexity index is 893. The second-order valence-electron chi connectivity index (χ2n) is 6.85. The van der Waals surface area contributed by atoms with Crippen molar-refractivity contribution in [3.63, 3.8) is 0 Å². The number of aromatic nitrogens is 1. The third-order valence-electron chi connectivity index (χ3n) is 4.85. The summed E-state index contributed by atoms with van der Waals surface area (Å²) >= 11 is 1.46. The summed E-state index contributed by atoms with van der Waals surface area (Å²) in [6.45, 7) is 2.76. The van der Waals surface area contributed by atoms with Crippen LogP contribution in [0.2, 0.25) is 0 Å². The third kappa shape index (κ3) is 4.79. The number of halogens is 1. The van der Waals surface area contributed by atoms with Crippen molar-refractivity contribution in [2.24, 2.45) is 5.92 Å². The van der Waals surface area contributed by atoms with E-state index in [1.165, 1.54) is 17.8 Å². The molecule has 0 bridgehead atoms. The van der Waals surface area contributed by atoms with Gasteiger partial charge in [0.25, 0.3) is 5.91 Å².